The molecular weight excluding hydrogens is 252 g/mol. The van der Waals surface area contributed by atoms with E-state index >= 15 is 0 Å². The van der Waals surface area contributed by atoms with Gasteiger partial charge < -0.3 is 10.2 Å². The van der Waals surface area contributed by atoms with E-state index in [0.717, 1.165) is 44.9 Å². The molecule has 4 heteroatoms. The summed E-state index contributed by atoms with van der Waals surface area (Å²) >= 11 is 0. The lowest BCUT2D eigenvalue weighted by Crippen LogP contribution is -2.59. The second-order valence-corrected chi connectivity index (χ2v) is 6.43. The summed E-state index contributed by atoms with van der Waals surface area (Å²) < 4.78 is 0. The van der Waals surface area contributed by atoms with Gasteiger partial charge in [-0.25, -0.2) is 0 Å². The zero-order valence-electron chi connectivity index (χ0n) is 12.9. The molecule has 2 fully saturated rings. The van der Waals surface area contributed by atoms with Crippen LogP contribution in [0.3, 0.4) is 0 Å². The van der Waals surface area contributed by atoms with Crippen molar-refractivity contribution in [1.29, 1.82) is 0 Å². The molecule has 114 valence electrons. The number of nitrogens with one attached hydrogen (secondary N) is 1. The highest BCUT2D eigenvalue weighted by Crippen LogP contribution is 2.32. The summed E-state index contributed by atoms with van der Waals surface area (Å²) in [6, 6.07) is 0.244. The maximum absolute atomic E-state index is 13.0. The molecule has 1 aliphatic carbocycles. The lowest BCUT2D eigenvalue weighted by Gasteiger charge is -2.40. The second kappa shape index (κ2) is 6.59. The number of carbonyl (C=O) groups is 2. The number of unbranched alkanes of at least 4 members (excludes halogenated alkanes) is 1. The Balaban J connectivity index is 2.16. The molecule has 1 saturated carbocycles. The van der Waals surface area contributed by atoms with Gasteiger partial charge in [-0.15, -0.1) is 0 Å². The molecule has 0 aromatic carbocycles. The average molecular weight is 280 g/mol. The van der Waals surface area contributed by atoms with Gasteiger partial charge in [-0.1, -0.05) is 39.0 Å². The van der Waals surface area contributed by atoms with Crippen LogP contribution in [-0.2, 0) is 9.59 Å². The molecule has 4 nitrogen and oxygen atoms in total. The van der Waals surface area contributed by atoms with Gasteiger partial charge in [-0.2, -0.15) is 0 Å². The van der Waals surface area contributed by atoms with E-state index in [9.17, 15) is 9.59 Å². The lowest BCUT2D eigenvalue weighted by molar-refractivity contribution is -0.142. The standard InChI is InChI=1S/C16H28N2O2/c1-3-4-8-13(2)18-12-9-14(19)17-16(15(18)20)10-6-5-7-11-16/h13H,3-12H2,1-2H3,(H,17,19). The topological polar surface area (TPSA) is 49.4 Å². The van der Waals surface area contributed by atoms with Gasteiger partial charge in [-0.3, -0.25) is 9.59 Å². The Morgan fingerprint density at radius 2 is 1.95 bits per heavy atom. The van der Waals surface area contributed by atoms with Crippen LogP contribution in [0.1, 0.15) is 71.6 Å². The number of carbonyl (C=O) groups excluding carboxylic acids is 2. The minimum atomic E-state index is -0.591. The predicted molar refractivity (Wildman–Crippen MR) is 79.3 cm³/mol. The van der Waals surface area contributed by atoms with Gasteiger partial charge in [-0.05, 0) is 26.2 Å². The highest BCUT2D eigenvalue weighted by Gasteiger charge is 2.45. The first-order chi connectivity index (χ1) is 9.59. The van der Waals surface area contributed by atoms with Gasteiger partial charge in [0.15, 0.2) is 0 Å². The van der Waals surface area contributed by atoms with E-state index < -0.39 is 5.54 Å². The van der Waals surface area contributed by atoms with Gasteiger partial charge >= 0.3 is 0 Å². The highest BCUT2D eigenvalue weighted by molar-refractivity contribution is 5.93. The third kappa shape index (κ3) is 3.15. The van der Waals surface area contributed by atoms with Gasteiger partial charge in [0.1, 0.15) is 5.54 Å². The first-order valence-corrected chi connectivity index (χ1v) is 8.21. The molecule has 2 aliphatic rings. The molecule has 1 aliphatic heterocycles. The summed E-state index contributed by atoms with van der Waals surface area (Å²) in [5.74, 6) is 0.220. The van der Waals surface area contributed by atoms with E-state index in [1.165, 1.54) is 6.42 Å². The normalized spacial score (nSPS) is 24.4. The van der Waals surface area contributed by atoms with E-state index in [0.29, 0.717) is 13.0 Å². The molecular formula is C16H28N2O2. The third-order valence-corrected chi connectivity index (χ3v) is 4.84. The largest absolute Gasteiger partial charge is 0.342 e. The van der Waals surface area contributed by atoms with Crippen molar-refractivity contribution in [2.75, 3.05) is 6.54 Å². The molecule has 1 spiro atoms. The van der Waals surface area contributed by atoms with Crippen LogP contribution in [0.25, 0.3) is 0 Å². The minimum Gasteiger partial charge on any atom is -0.342 e. The van der Waals surface area contributed by atoms with Gasteiger partial charge in [0.25, 0.3) is 0 Å². The summed E-state index contributed by atoms with van der Waals surface area (Å²) in [7, 11) is 0. The molecule has 1 unspecified atom stereocenters. The fourth-order valence-corrected chi connectivity index (χ4v) is 3.55. The van der Waals surface area contributed by atoms with Crippen LogP contribution in [0, 0.1) is 0 Å². The smallest absolute Gasteiger partial charge is 0.248 e. The quantitative estimate of drug-likeness (QED) is 0.860. The van der Waals surface area contributed by atoms with Crippen molar-refractivity contribution in [3.05, 3.63) is 0 Å². The Bertz CT molecular complexity index is 361. The number of nitrogens with zero attached hydrogens (tertiary/aromatic N) is 1. The number of amides is 2. The maximum atomic E-state index is 13.0. The number of hydrogen-bond donors (Lipinski definition) is 1. The number of rotatable bonds is 4. The Morgan fingerprint density at radius 1 is 1.25 bits per heavy atom. The monoisotopic (exact) mass is 280 g/mol. The molecule has 1 heterocycles. The van der Waals surface area contributed by atoms with Crippen LogP contribution >= 0.6 is 0 Å². The third-order valence-electron chi connectivity index (χ3n) is 4.84. The molecule has 1 atom stereocenters. The zero-order valence-corrected chi connectivity index (χ0v) is 12.9. The molecule has 2 rings (SSSR count). The molecule has 0 aromatic heterocycles. The fourth-order valence-electron chi connectivity index (χ4n) is 3.55. The van der Waals surface area contributed by atoms with Gasteiger partial charge in [0.2, 0.25) is 11.8 Å². The van der Waals surface area contributed by atoms with Crippen LogP contribution in [0.5, 0.6) is 0 Å². The van der Waals surface area contributed by atoms with E-state index in [-0.39, 0.29) is 17.9 Å². The fraction of sp³-hybridized carbons (Fsp3) is 0.875. The van der Waals surface area contributed by atoms with Crippen molar-refractivity contribution in [3.8, 4) is 0 Å². The molecule has 0 bridgehead atoms. The van der Waals surface area contributed by atoms with E-state index in [1.807, 2.05) is 4.90 Å². The number of hydrogen-bond acceptors (Lipinski definition) is 2. The second-order valence-electron chi connectivity index (χ2n) is 6.43. The summed E-state index contributed by atoms with van der Waals surface area (Å²) in [5.41, 5.74) is -0.591. The molecule has 2 amide bonds. The Hall–Kier alpha value is -1.06. The van der Waals surface area contributed by atoms with Crippen LogP contribution in [0.2, 0.25) is 0 Å². The summed E-state index contributed by atoms with van der Waals surface area (Å²) in [6.45, 7) is 4.88. The highest BCUT2D eigenvalue weighted by atomic mass is 16.2. The molecule has 0 aromatic rings. The SMILES string of the molecule is CCCCC(C)N1CCC(=O)NC2(CCCCC2)C1=O. The Labute approximate surface area is 122 Å². The first kappa shape index (κ1) is 15.3. The van der Waals surface area contributed by atoms with Crippen LogP contribution in [0.4, 0.5) is 0 Å². The van der Waals surface area contributed by atoms with Crippen molar-refractivity contribution < 1.29 is 9.59 Å². The summed E-state index contributed by atoms with van der Waals surface area (Å²) in [5, 5.41) is 3.05. The lowest BCUT2D eigenvalue weighted by atomic mass is 9.80. The minimum absolute atomic E-state index is 0.0467. The molecule has 0 radical (unpaired) electrons. The Kier molecular flexibility index (Phi) is 5.06. The van der Waals surface area contributed by atoms with E-state index in [2.05, 4.69) is 19.2 Å². The van der Waals surface area contributed by atoms with Crippen LogP contribution in [-0.4, -0.2) is 34.8 Å². The van der Waals surface area contributed by atoms with Gasteiger partial charge in [0, 0.05) is 19.0 Å². The zero-order chi connectivity index (χ0) is 14.6. The maximum Gasteiger partial charge on any atom is 0.248 e. The molecule has 1 N–H and O–H groups in total. The van der Waals surface area contributed by atoms with E-state index in [4.69, 9.17) is 0 Å². The average Bonchev–Trinajstić information content (AvgIpc) is 2.56. The molecule has 1 saturated heterocycles. The summed E-state index contributed by atoms with van der Waals surface area (Å²) in [6.07, 6.45) is 8.66. The first-order valence-electron chi connectivity index (χ1n) is 8.21. The van der Waals surface area contributed by atoms with Crippen molar-refractivity contribution >= 4 is 11.8 Å². The predicted octanol–water partition coefficient (Wildman–Crippen LogP) is 2.62. The van der Waals surface area contributed by atoms with Gasteiger partial charge in [0.05, 0.1) is 0 Å². The molecule has 20 heavy (non-hydrogen) atoms. The van der Waals surface area contributed by atoms with Crippen molar-refractivity contribution in [2.45, 2.75) is 83.2 Å². The van der Waals surface area contributed by atoms with E-state index in [1.54, 1.807) is 0 Å². The van der Waals surface area contributed by atoms with Crippen LogP contribution in [0.15, 0.2) is 0 Å². The van der Waals surface area contributed by atoms with Crippen molar-refractivity contribution in [3.63, 3.8) is 0 Å². The van der Waals surface area contributed by atoms with Crippen molar-refractivity contribution in [1.82, 2.24) is 10.2 Å². The Morgan fingerprint density at radius 3 is 2.60 bits per heavy atom. The van der Waals surface area contributed by atoms with Crippen molar-refractivity contribution in [2.24, 2.45) is 0 Å². The summed E-state index contributed by atoms with van der Waals surface area (Å²) in [4.78, 5) is 26.9. The van der Waals surface area contributed by atoms with Crippen LogP contribution < -0.4 is 5.32 Å².